The van der Waals surface area contributed by atoms with E-state index in [0.717, 1.165) is 12.1 Å². The number of nitro benzene ring substituents is 1. The third-order valence-corrected chi connectivity index (χ3v) is 3.36. The van der Waals surface area contributed by atoms with Crippen LogP contribution in [0.4, 0.5) is 20.2 Å². The largest absolute Gasteiger partial charge is 0.343 e. The first-order valence-electron chi connectivity index (χ1n) is 7.06. The van der Waals surface area contributed by atoms with E-state index in [9.17, 15) is 28.5 Å². The predicted molar refractivity (Wildman–Crippen MR) is 85.2 cm³/mol. The molecule has 0 aromatic heterocycles. The molecule has 0 saturated heterocycles. The number of amides is 2. The average Bonchev–Trinajstić information content (AvgIpc) is 2.56. The van der Waals surface area contributed by atoms with Crippen LogP contribution < -0.4 is 10.6 Å². The fraction of sp³-hybridized carbons (Fsp3) is 0.125. The highest BCUT2D eigenvalue weighted by molar-refractivity contribution is 6.00. The molecule has 0 aliphatic carbocycles. The smallest absolute Gasteiger partial charge is 0.273 e. The van der Waals surface area contributed by atoms with Crippen molar-refractivity contribution < 1.29 is 23.3 Å². The van der Waals surface area contributed by atoms with Gasteiger partial charge in [0.25, 0.3) is 11.6 Å². The third-order valence-electron chi connectivity index (χ3n) is 3.36. The summed E-state index contributed by atoms with van der Waals surface area (Å²) < 4.78 is 25.9. The van der Waals surface area contributed by atoms with Crippen LogP contribution in [0.25, 0.3) is 0 Å². The fourth-order valence-electron chi connectivity index (χ4n) is 2.10. The molecule has 0 saturated carbocycles. The van der Waals surface area contributed by atoms with Crippen LogP contribution in [-0.2, 0) is 4.79 Å². The molecule has 2 N–H and O–H groups in total. The van der Waals surface area contributed by atoms with E-state index in [0.29, 0.717) is 0 Å². The van der Waals surface area contributed by atoms with Gasteiger partial charge in [-0.1, -0.05) is 6.07 Å². The van der Waals surface area contributed by atoms with Gasteiger partial charge in [-0.05, 0) is 25.1 Å². The normalized spacial score (nSPS) is 10.2. The minimum Gasteiger partial charge on any atom is -0.343 e. The number of carbonyl (C=O) groups is 2. The topological polar surface area (TPSA) is 101 Å². The summed E-state index contributed by atoms with van der Waals surface area (Å²) >= 11 is 0. The molecule has 0 aliphatic heterocycles. The SMILES string of the molecule is Cc1c(C(=O)NCC(=O)Nc2ccc(F)c(F)c2)cccc1[N+](=O)[O-]. The quantitative estimate of drug-likeness (QED) is 0.640. The van der Waals surface area contributed by atoms with Crippen molar-refractivity contribution in [3.8, 4) is 0 Å². The van der Waals surface area contributed by atoms with Crippen molar-refractivity contribution in [2.24, 2.45) is 0 Å². The van der Waals surface area contributed by atoms with Crippen LogP contribution in [0.15, 0.2) is 36.4 Å². The van der Waals surface area contributed by atoms with Gasteiger partial charge < -0.3 is 10.6 Å². The summed E-state index contributed by atoms with van der Waals surface area (Å²) in [6, 6.07) is 6.85. The first kappa shape index (κ1) is 18.0. The van der Waals surface area contributed by atoms with E-state index in [4.69, 9.17) is 0 Å². The second-order valence-electron chi connectivity index (χ2n) is 5.07. The Kier molecular flexibility index (Phi) is 5.38. The molecule has 0 aliphatic rings. The lowest BCUT2D eigenvalue weighted by molar-refractivity contribution is -0.385. The number of hydrogen-bond acceptors (Lipinski definition) is 4. The second kappa shape index (κ2) is 7.47. The number of hydrogen-bond donors (Lipinski definition) is 2. The molecular weight excluding hydrogens is 336 g/mol. The molecule has 0 radical (unpaired) electrons. The number of nitrogens with one attached hydrogen (secondary N) is 2. The molecule has 0 bridgehead atoms. The predicted octanol–water partition coefficient (Wildman–Crippen LogP) is 2.55. The maximum atomic E-state index is 13.1. The Hall–Kier alpha value is -3.36. The van der Waals surface area contributed by atoms with Crippen molar-refractivity contribution in [3.05, 3.63) is 69.3 Å². The third kappa shape index (κ3) is 4.34. The summed E-state index contributed by atoms with van der Waals surface area (Å²) in [5.74, 6) is -3.49. The number of nitrogens with zero attached hydrogens (tertiary/aromatic N) is 1. The number of rotatable bonds is 5. The van der Waals surface area contributed by atoms with Crippen molar-refractivity contribution in [1.29, 1.82) is 0 Å². The molecule has 0 atom stereocenters. The summed E-state index contributed by atoms with van der Waals surface area (Å²) in [7, 11) is 0. The summed E-state index contributed by atoms with van der Waals surface area (Å²) in [6.45, 7) is 0.981. The van der Waals surface area contributed by atoms with Crippen molar-refractivity contribution in [3.63, 3.8) is 0 Å². The minimum absolute atomic E-state index is 0.0321. The Bertz CT molecular complexity index is 855. The summed E-state index contributed by atoms with van der Waals surface area (Å²) in [5, 5.41) is 15.5. The average molecular weight is 349 g/mol. The van der Waals surface area contributed by atoms with Gasteiger partial charge in [0.2, 0.25) is 5.91 Å². The molecule has 9 heteroatoms. The van der Waals surface area contributed by atoms with Crippen LogP contribution in [0.2, 0.25) is 0 Å². The molecule has 0 unspecified atom stereocenters. The molecule has 0 fully saturated rings. The van der Waals surface area contributed by atoms with E-state index in [1.165, 1.54) is 31.2 Å². The van der Waals surface area contributed by atoms with Gasteiger partial charge >= 0.3 is 0 Å². The molecule has 0 heterocycles. The number of carbonyl (C=O) groups excluding carboxylic acids is 2. The minimum atomic E-state index is -1.12. The van der Waals surface area contributed by atoms with Crippen LogP contribution in [0.3, 0.4) is 0 Å². The molecule has 25 heavy (non-hydrogen) atoms. The standard InChI is InChI=1S/C16H13F2N3O4/c1-9-11(3-2-4-14(9)21(24)25)16(23)19-8-15(22)20-10-5-6-12(17)13(18)7-10/h2-7H,8H2,1H3,(H,19,23)(H,20,22). The van der Waals surface area contributed by atoms with E-state index in [1.807, 2.05) is 0 Å². The number of halogens is 2. The molecular formula is C16H13F2N3O4. The molecule has 2 amide bonds. The molecule has 2 aromatic rings. The maximum Gasteiger partial charge on any atom is 0.273 e. The van der Waals surface area contributed by atoms with Gasteiger partial charge in [-0.3, -0.25) is 19.7 Å². The van der Waals surface area contributed by atoms with Crippen molar-refractivity contribution >= 4 is 23.2 Å². The van der Waals surface area contributed by atoms with Gasteiger partial charge in [0.15, 0.2) is 11.6 Å². The van der Waals surface area contributed by atoms with E-state index in [-0.39, 0.29) is 22.5 Å². The lowest BCUT2D eigenvalue weighted by Crippen LogP contribution is -2.33. The van der Waals surface area contributed by atoms with Crippen molar-refractivity contribution in [2.75, 3.05) is 11.9 Å². The zero-order valence-corrected chi connectivity index (χ0v) is 13.0. The van der Waals surface area contributed by atoms with Gasteiger partial charge in [0.05, 0.1) is 11.5 Å². The van der Waals surface area contributed by atoms with Gasteiger partial charge in [0.1, 0.15) is 0 Å². The van der Waals surface area contributed by atoms with E-state index < -0.39 is 34.9 Å². The highest BCUT2D eigenvalue weighted by atomic mass is 19.2. The number of nitro groups is 1. The number of anilines is 1. The summed E-state index contributed by atoms with van der Waals surface area (Å²) in [5.41, 5.74) is 0.0596. The molecule has 130 valence electrons. The maximum absolute atomic E-state index is 13.1. The van der Waals surface area contributed by atoms with Crippen LogP contribution in [0, 0.1) is 28.7 Å². The monoisotopic (exact) mass is 349 g/mol. The zero-order valence-electron chi connectivity index (χ0n) is 13.0. The summed E-state index contributed by atoms with van der Waals surface area (Å²) in [6.07, 6.45) is 0. The zero-order chi connectivity index (χ0) is 18.6. The lowest BCUT2D eigenvalue weighted by Gasteiger charge is -2.09. The van der Waals surface area contributed by atoms with Crippen LogP contribution in [0.1, 0.15) is 15.9 Å². The van der Waals surface area contributed by atoms with Crippen molar-refractivity contribution in [2.45, 2.75) is 6.92 Å². The van der Waals surface area contributed by atoms with Crippen LogP contribution >= 0.6 is 0 Å². The van der Waals surface area contributed by atoms with Gasteiger partial charge in [-0.15, -0.1) is 0 Å². The first-order valence-corrected chi connectivity index (χ1v) is 7.06. The van der Waals surface area contributed by atoms with Crippen molar-refractivity contribution in [1.82, 2.24) is 5.32 Å². The molecule has 0 spiro atoms. The van der Waals surface area contributed by atoms with E-state index in [2.05, 4.69) is 10.6 Å². The van der Waals surface area contributed by atoms with Gasteiger partial charge in [0, 0.05) is 28.9 Å². The Morgan fingerprint density at radius 3 is 2.52 bits per heavy atom. The molecule has 7 nitrogen and oxygen atoms in total. The van der Waals surface area contributed by atoms with Gasteiger partial charge in [-0.25, -0.2) is 8.78 Å². The Labute approximate surface area is 140 Å². The Balaban J connectivity index is 2.00. The molecule has 2 aromatic carbocycles. The Morgan fingerprint density at radius 1 is 1.16 bits per heavy atom. The van der Waals surface area contributed by atoms with E-state index in [1.54, 1.807) is 0 Å². The first-order chi connectivity index (χ1) is 11.8. The lowest BCUT2D eigenvalue weighted by atomic mass is 10.1. The number of benzene rings is 2. The molecule has 2 rings (SSSR count). The van der Waals surface area contributed by atoms with Crippen LogP contribution in [0.5, 0.6) is 0 Å². The highest BCUT2D eigenvalue weighted by Crippen LogP contribution is 2.20. The van der Waals surface area contributed by atoms with E-state index >= 15 is 0 Å². The highest BCUT2D eigenvalue weighted by Gasteiger charge is 2.18. The second-order valence-corrected chi connectivity index (χ2v) is 5.07. The Morgan fingerprint density at radius 2 is 1.88 bits per heavy atom. The van der Waals surface area contributed by atoms with Gasteiger partial charge in [-0.2, -0.15) is 0 Å². The summed E-state index contributed by atoms with van der Waals surface area (Å²) in [4.78, 5) is 34.1. The van der Waals surface area contributed by atoms with Crippen LogP contribution in [-0.4, -0.2) is 23.3 Å². The fourth-order valence-corrected chi connectivity index (χ4v) is 2.10.